The van der Waals surface area contributed by atoms with Crippen molar-refractivity contribution in [1.29, 1.82) is 0 Å². The van der Waals surface area contributed by atoms with Crippen molar-refractivity contribution in [3.05, 3.63) is 65.2 Å². The van der Waals surface area contributed by atoms with E-state index in [1.807, 2.05) is 12.1 Å². The van der Waals surface area contributed by atoms with Crippen LogP contribution in [0.2, 0.25) is 0 Å². The molecular formula is C18H22N2S. The van der Waals surface area contributed by atoms with Crippen molar-refractivity contribution in [1.82, 2.24) is 5.32 Å². The maximum absolute atomic E-state index is 5.37. The quantitative estimate of drug-likeness (QED) is 0.806. The second-order valence-corrected chi connectivity index (χ2v) is 5.69. The molecular weight excluding hydrogens is 276 g/mol. The Morgan fingerprint density at radius 2 is 1.67 bits per heavy atom. The van der Waals surface area contributed by atoms with Gasteiger partial charge in [0.25, 0.3) is 0 Å². The van der Waals surface area contributed by atoms with Crippen LogP contribution in [-0.4, -0.2) is 5.11 Å². The van der Waals surface area contributed by atoms with Gasteiger partial charge in [-0.3, -0.25) is 0 Å². The van der Waals surface area contributed by atoms with Crippen LogP contribution in [0.15, 0.2) is 48.5 Å². The number of aryl methyl sites for hydroxylation is 2. The molecule has 2 nitrogen and oxygen atoms in total. The third-order valence-corrected chi connectivity index (χ3v) is 3.76. The summed E-state index contributed by atoms with van der Waals surface area (Å²) in [7, 11) is 0. The maximum Gasteiger partial charge on any atom is 0.171 e. The van der Waals surface area contributed by atoms with Crippen LogP contribution < -0.4 is 10.6 Å². The van der Waals surface area contributed by atoms with E-state index in [0.29, 0.717) is 5.11 Å². The molecule has 2 N–H and O–H groups in total. The average Bonchev–Trinajstić information content (AvgIpc) is 2.49. The SMILES string of the molecule is CCc1ccc([C@H](C)NC(=S)Nc2ccc(C)cc2)cc1. The van der Waals surface area contributed by atoms with Crippen molar-refractivity contribution in [2.24, 2.45) is 0 Å². The van der Waals surface area contributed by atoms with Gasteiger partial charge in [0.1, 0.15) is 0 Å². The van der Waals surface area contributed by atoms with Gasteiger partial charge in [0.2, 0.25) is 0 Å². The van der Waals surface area contributed by atoms with Crippen LogP contribution in [0.3, 0.4) is 0 Å². The fourth-order valence-electron chi connectivity index (χ4n) is 2.13. The Kier molecular flexibility index (Phi) is 5.34. The molecule has 0 heterocycles. The molecule has 0 aliphatic rings. The predicted octanol–water partition coefficient (Wildman–Crippen LogP) is 4.61. The van der Waals surface area contributed by atoms with Crippen LogP contribution in [0.25, 0.3) is 0 Å². The molecule has 0 saturated heterocycles. The maximum atomic E-state index is 5.37. The van der Waals surface area contributed by atoms with Crippen LogP contribution in [0.4, 0.5) is 5.69 Å². The van der Waals surface area contributed by atoms with Crippen molar-refractivity contribution < 1.29 is 0 Å². The van der Waals surface area contributed by atoms with Gasteiger partial charge in [-0.15, -0.1) is 0 Å². The fraction of sp³-hybridized carbons (Fsp3) is 0.278. The van der Waals surface area contributed by atoms with Crippen molar-refractivity contribution >= 4 is 23.0 Å². The minimum absolute atomic E-state index is 0.182. The molecule has 0 aliphatic heterocycles. The molecule has 0 unspecified atom stereocenters. The van der Waals surface area contributed by atoms with Crippen molar-refractivity contribution in [3.63, 3.8) is 0 Å². The number of thiocarbonyl (C=S) groups is 1. The zero-order valence-electron chi connectivity index (χ0n) is 12.8. The normalized spacial score (nSPS) is 11.8. The van der Waals surface area contributed by atoms with E-state index in [1.54, 1.807) is 0 Å². The minimum Gasteiger partial charge on any atom is -0.356 e. The number of benzene rings is 2. The van der Waals surface area contributed by atoms with Crippen LogP contribution in [0, 0.1) is 6.92 Å². The molecule has 0 spiro atoms. The van der Waals surface area contributed by atoms with Crippen LogP contribution >= 0.6 is 12.2 Å². The first-order chi connectivity index (χ1) is 10.1. The van der Waals surface area contributed by atoms with Gasteiger partial charge in [-0.2, -0.15) is 0 Å². The zero-order valence-corrected chi connectivity index (χ0v) is 13.6. The van der Waals surface area contributed by atoms with Crippen LogP contribution in [0.1, 0.15) is 36.6 Å². The van der Waals surface area contributed by atoms with Gasteiger partial charge in [0.05, 0.1) is 6.04 Å². The molecule has 21 heavy (non-hydrogen) atoms. The lowest BCUT2D eigenvalue weighted by atomic mass is 10.1. The Labute approximate surface area is 132 Å². The van der Waals surface area contributed by atoms with Crippen molar-refractivity contribution in [2.75, 3.05) is 5.32 Å². The second kappa shape index (κ2) is 7.23. The van der Waals surface area contributed by atoms with E-state index in [9.17, 15) is 0 Å². The van der Waals surface area contributed by atoms with Crippen molar-refractivity contribution in [2.45, 2.75) is 33.2 Å². The summed E-state index contributed by atoms with van der Waals surface area (Å²) >= 11 is 5.37. The first kappa shape index (κ1) is 15.5. The number of rotatable bonds is 4. The van der Waals surface area contributed by atoms with Crippen molar-refractivity contribution in [3.8, 4) is 0 Å². The summed E-state index contributed by atoms with van der Waals surface area (Å²) in [6.45, 7) is 6.35. The standard InChI is InChI=1S/C18H22N2S/c1-4-15-7-9-16(10-8-15)14(3)19-18(21)20-17-11-5-13(2)6-12-17/h5-12,14H,4H2,1-3H3,(H2,19,20,21)/t14-/m0/s1. The molecule has 0 amide bonds. The monoisotopic (exact) mass is 298 g/mol. The summed E-state index contributed by atoms with van der Waals surface area (Å²) in [6.07, 6.45) is 1.06. The van der Waals surface area contributed by atoms with E-state index in [2.05, 4.69) is 67.8 Å². The lowest BCUT2D eigenvalue weighted by Crippen LogP contribution is -2.30. The minimum atomic E-state index is 0.182. The molecule has 110 valence electrons. The van der Waals surface area contributed by atoms with Gasteiger partial charge in [-0.05, 0) is 55.7 Å². The summed E-state index contributed by atoms with van der Waals surface area (Å²) in [4.78, 5) is 0. The van der Waals surface area contributed by atoms with E-state index < -0.39 is 0 Å². The summed E-state index contributed by atoms with van der Waals surface area (Å²) in [6, 6.07) is 17.0. The predicted molar refractivity (Wildman–Crippen MR) is 94.8 cm³/mol. The second-order valence-electron chi connectivity index (χ2n) is 5.28. The van der Waals surface area contributed by atoms with E-state index in [-0.39, 0.29) is 6.04 Å². The Morgan fingerprint density at radius 3 is 2.24 bits per heavy atom. The molecule has 0 aliphatic carbocycles. The molecule has 2 rings (SSSR count). The first-order valence-corrected chi connectivity index (χ1v) is 7.72. The summed E-state index contributed by atoms with van der Waals surface area (Å²) in [5, 5.41) is 7.17. The molecule has 0 fully saturated rings. The average molecular weight is 298 g/mol. The zero-order chi connectivity index (χ0) is 15.2. The Balaban J connectivity index is 1.93. The fourth-order valence-corrected chi connectivity index (χ4v) is 2.42. The molecule has 2 aromatic carbocycles. The molecule has 3 heteroatoms. The van der Waals surface area contributed by atoms with E-state index >= 15 is 0 Å². The number of anilines is 1. The summed E-state index contributed by atoms with van der Waals surface area (Å²) in [5.74, 6) is 0. The van der Waals surface area contributed by atoms with Crippen LogP contribution in [-0.2, 0) is 6.42 Å². The Bertz CT molecular complexity index is 588. The highest BCUT2D eigenvalue weighted by atomic mass is 32.1. The Hall–Kier alpha value is -1.87. The third-order valence-electron chi connectivity index (χ3n) is 3.55. The van der Waals surface area contributed by atoms with Gasteiger partial charge < -0.3 is 10.6 Å². The topological polar surface area (TPSA) is 24.1 Å². The van der Waals surface area contributed by atoms with Gasteiger partial charge in [-0.1, -0.05) is 48.9 Å². The lowest BCUT2D eigenvalue weighted by Gasteiger charge is -2.17. The lowest BCUT2D eigenvalue weighted by molar-refractivity contribution is 0.722. The highest BCUT2D eigenvalue weighted by Gasteiger charge is 2.07. The number of hydrogen-bond donors (Lipinski definition) is 2. The summed E-state index contributed by atoms with van der Waals surface area (Å²) < 4.78 is 0. The Morgan fingerprint density at radius 1 is 1.05 bits per heavy atom. The molecule has 0 saturated carbocycles. The number of hydrogen-bond acceptors (Lipinski definition) is 1. The van der Waals surface area contributed by atoms with Crippen LogP contribution in [0.5, 0.6) is 0 Å². The highest BCUT2D eigenvalue weighted by Crippen LogP contribution is 2.14. The van der Waals surface area contributed by atoms with Gasteiger partial charge >= 0.3 is 0 Å². The van der Waals surface area contributed by atoms with E-state index in [4.69, 9.17) is 12.2 Å². The van der Waals surface area contributed by atoms with Gasteiger partial charge in [0.15, 0.2) is 5.11 Å². The first-order valence-electron chi connectivity index (χ1n) is 7.31. The summed E-state index contributed by atoms with van der Waals surface area (Å²) in [5.41, 5.74) is 4.84. The highest BCUT2D eigenvalue weighted by molar-refractivity contribution is 7.80. The molecule has 0 radical (unpaired) electrons. The number of nitrogens with one attached hydrogen (secondary N) is 2. The molecule has 0 aromatic heterocycles. The van der Waals surface area contributed by atoms with Gasteiger partial charge in [-0.25, -0.2) is 0 Å². The molecule has 0 bridgehead atoms. The smallest absolute Gasteiger partial charge is 0.171 e. The molecule has 2 aromatic rings. The van der Waals surface area contributed by atoms with E-state index in [1.165, 1.54) is 16.7 Å². The largest absolute Gasteiger partial charge is 0.356 e. The third kappa shape index (κ3) is 4.57. The van der Waals surface area contributed by atoms with Gasteiger partial charge in [0, 0.05) is 5.69 Å². The van der Waals surface area contributed by atoms with E-state index in [0.717, 1.165) is 12.1 Å². The molecule has 1 atom stereocenters.